The number of ether oxygens (including phenoxy) is 10. The second-order valence-electron chi connectivity index (χ2n) is 28.8. The van der Waals surface area contributed by atoms with E-state index in [1.54, 1.807) is 37.7 Å². The van der Waals surface area contributed by atoms with E-state index >= 15 is 17.3 Å². The second-order valence-corrected chi connectivity index (χ2v) is 30.8. The summed E-state index contributed by atoms with van der Waals surface area (Å²) in [4.78, 5) is 0. The molecule has 8 heterocycles. The van der Waals surface area contributed by atoms with Crippen LogP contribution in [0, 0.1) is 20.8 Å². The SMILES string of the molecule is CCC1=C(C)C2=C(c3ccc(OCc4cn(CCCS/C=C\SCCCn5cc(COc6ccc(C7=C8C(C)=C(CC)C(/C=C/c9ccc(OCCOCCOCCOC)cc9)=[N+]8[B-](F)(F)n8c(/C=C/c9ccc(OCCOCCOCCOC)cc9)c(CC)c(C)c87)cc6)nn5)nn4)cc3)c3c(C)c(CC)c(C)n3[B-](F)(F)[N+]2=C1C. The molecule has 20 nitrogen and oxygen atoms in total. The number of benzene rings is 4. The third kappa shape index (κ3) is 19.6. The standard InChI is InChI=1S/C88H108B2F4N10O10S2/c1-13-77-61(5)85-83(86-62(6)78(14-2)66(10)102(86)89(91,92)101(85)65(77)9)69-25-33-75(34-26-69)113-59-71-57-99(97-95-71)39-17-53-115-55-56-116-54-18-40-100-58-72(96-98-100)60-114-76-35-27-70(28-36-76)84-87-63(7)79(15-3)81(37-23-67-19-29-73(30-20-67)111-51-49-109-47-45-107-43-41-105-11)103(87)90(93,94)104-82(80(16-4)64(8)88(84)104)38-24-68-21-31-74(32-22-68)112-52-50-110-48-46-108-44-42-106-12/h19-38,55-58H,13-18,39-54,59-60H2,1-12H3/b37-23+,38-24+,56-55-. The van der Waals surface area contributed by atoms with Crippen LogP contribution in [0.25, 0.3) is 29.4 Å². The van der Waals surface area contributed by atoms with Crippen molar-refractivity contribution in [3.8, 4) is 23.0 Å². The van der Waals surface area contributed by atoms with Gasteiger partial charge in [-0.2, -0.15) is 0 Å². The molecule has 4 aliphatic rings. The summed E-state index contributed by atoms with van der Waals surface area (Å²) >= 11 is 3.51. The Balaban J connectivity index is 0.641. The van der Waals surface area contributed by atoms with Gasteiger partial charge in [-0.15, -0.1) is 33.7 Å². The van der Waals surface area contributed by atoms with Crippen LogP contribution in [0.2, 0.25) is 0 Å². The number of thioether (sulfide) groups is 2. The Labute approximate surface area is 687 Å². The molecule has 0 saturated carbocycles. The molecule has 0 amide bonds. The average Bonchev–Trinajstić information content (AvgIpc) is 1.53. The summed E-state index contributed by atoms with van der Waals surface area (Å²) in [6, 6.07) is 30.7. The van der Waals surface area contributed by atoms with E-state index in [-0.39, 0.29) is 13.2 Å². The van der Waals surface area contributed by atoms with Crippen molar-refractivity contribution >= 4 is 78.3 Å². The van der Waals surface area contributed by atoms with Crippen LogP contribution in [0.15, 0.2) is 160 Å². The molecule has 0 radical (unpaired) electrons. The smallest absolute Gasteiger partial charge is 0.491 e. The molecule has 0 aliphatic carbocycles. The van der Waals surface area contributed by atoms with Crippen LogP contribution >= 0.6 is 23.5 Å². The summed E-state index contributed by atoms with van der Waals surface area (Å²) in [5.41, 5.74) is 17.5. The van der Waals surface area contributed by atoms with Gasteiger partial charge in [0.2, 0.25) is 0 Å². The number of rotatable bonds is 46. The molecule has 0 N–H and O–H groups in total. The van der Waals surface area contributed by atoms with Gasteiger partial charge in [-0.1, -0.05) is 92.7 Å². The fourth-order valence-electron chi connectivity index (χ4n) is 16.0. The fourth-order valence-corrected chi connectivity index (χ4v) is 17.5. The first-order valence-corrected chi connectivity index (χ1v) is 42.4. The molecule has 0 unspecified atom stereocenters. The van der Waals surface area contributed by atoms with Crippen molar-refractivity contribution in [1.29, 1.82) is 0 Å². The number of hydrogen-bond acceptors (Lipinski definition) is 16. The Kier molecular flexibility index (Phi) is 30.2. The van der Waals surface area contributed by atoms with Crippen LogP contribution in [0.5, 0.6) is 23.0 Å². The number of methoxy groups -OCH3 is 2. The van der Waals surface area contributed by atoms with Crippen molar-refractivity contribution in [2.75, 3.05) is 105 Å². The summed E-state index contributed by atoms with van der Waals surface area (Å²) < 4.78 is 136. The van der Waals surface area contributed by atoms with Gasteiger partial charge in [0.15, 0.2) is 17.1 Å². The molecule has 4 aliphatic heterocycles. The zero-order valence-corrected chi connectivity index (χ0v) is 70.5. The normalized spacial score (nSPS) is 15.1. The van der Waals surface area contributed by atoms with Crippen molar-refractivity contribution in [2.45, 2.75) is 134 Å². The molecule has 116 heavy (non-hydrogen) atoms. The van der Waals surface area contributed by atoms with E-state index in [0.29, 0.717) is 204 Å². The highest BCUT2D eigenvalue weighted by atomic mass is 32.2. The Morgan fingerprint density at radius 2 is 0.845 bits per heavy atom. The maximum Gasteiger partial charge on any atom is 0.737 e. The maximum atomic E-state index is 18.6. The van der Waals surface area contributed by atoms with Gasteiger partial charge in [-0.05, 0) is 206 Å². The van der Waals surface area contributed by atoms with Gasteiger partial charge in [0.1, 0.15) is 66.5 Å². The minimum atomic E-state index is -4.51. The van der Waals surface area contributed by atoms with E-state index in [1.165, 1.54) is 17.9 Å². The molecule has 0 atom stereocenters. The molecule has 28 heteroatoms. The predicted molar refractivity (Wildman–Crippen MR) is 457 cm³/mol. The third-order valence-electron chi connectivity index (χ3n) is 21.5. The fraction of sp³-hybridized carbons (Fsp3) is 0.409. The van der Waals surface area contributed by atoms with Crippen LogP contribution < -0.4 is 18.9 Å². The van der Waals surface area contributed by atoms with Gasteiger partial charge in [-0.25, -0.2) is 0 Å². The number of allylic oxidation sites excluding steroid dienone is 5. The summed E-state index contributed by atoms with van der Waals surface area (Å²) in [5, 5.41) is 21.8. The Morgan fingerprint density at radius 3 is 1.31 bits per heavy atom. The highest BCUT2D eigenvalue weighted by molar-refractivity contribution is 8.05. The van der Waals surface area contributed by atoms with Crippen LogP contribution in [0.3, 0.4) is 0 Å². The van der Waals surface area contributed by atoms with Gasteiger partial charge in [0, 0.05) is 79.7 Å². The number of fused-ring (bicyclic) bond motifs is 4. The average molecular weight is 1630 g/mol. The minimum absolute atomic E-state index is 0.189. The number of halogens is 4. The van der Waals surface area contributed by atoms with Crippen molar-refractivity contribution in [3.05, 3.63) is 239 Å². The molecule has 8 aromatic rings. The highest BCUT2D eigenvalue weighted by Crippen LogP contribution is 2.50. The first kappa shape index (κ1) is 86.1. The van der Waals surface area contributed by atoms with Crippen molar-refractivity contribution in [2.24, 2.45) is 0 Å². The lowest BCUT2D eigenvalue weighted by Crippen LogP contribution is -2.51. The largest absolute Gasteiger partial charge is 0.737 e. The van der Waals surface area contributed by atoms with Crippen LogP contribution in [0.1, 0.15) is 153 Å². The van der Waals surface area contributed by atoms with Crippen molar-refractivity contribution in [3.63, 3.8) is 0 Å². The van der Waals surface area contributed by atoms with Gasteiger partial charge in [0.25, 0.3) is 0 Å². The molecule has 0 spiro atoms. The first-order chi connectivity index (χ1) is 56.4. The molecule has 0 fully saturated rings. The van der Waals surface area contributed by atoms with Gasteiger partial charge in [0.05, 0.1) is 89.6 Å². The molecule has 0 saturated heterocycles. The number of hydrogen-bond donors (Lipinski definition) is 0. The molecule has 0 bridgehead atoms. The molecule has 4 aromatic heterocycles. The minimum Gasteiger partial charge on any atom is -0.491 e. The van der Waals surface area contributed by atoms with Crippen LogP contribution in [-0.2, 0) is 67.6 Å². The summed E-state index contributed by atoms with van der Waals surface area (Å²) in [5.74, 6) is 4.41. The van der Waals surface area contributed by atoms with E-state index in [2.05, 4.69) is 31.4 Å². The van der Waals surface area contributed by atoms with E-state index in [1.807, 2.05) is 212 Å². The van der Waals surface area contributed by atoms with Gasteiger partial charge >= 0.3 is 13.9 Å². The third-order valence-corrected chi connectivity index (χ3v) is 23.4. The number of aromatic nitrogens is 8. The Hall–Kier alpha value is -9.25. The first-order valence-electron chi connectivity index (χ1n) is 40.3. The topological polar surface area (TPSA) is 170 Å². The monoisotopic (exact) mass is 1630 g/mol. The predicted octanol–water partition coefficient (Wildman–Crippen LogP) is 17.5. The van der Waals surface area contributed by atoms with E-state index in [0.717, 1.165) is 96.7 Å². The van der Waals surface area contributed by atoms with E-state index in [4.69, 9.17) is 47.4 Å². The van der Waals surface area contributed by atoms with E-state index < -0.39 is 13.9 Å². The van der Waals surface area contributed by atoms with Crippen LogP contribution in [-0.4, -0.2) is 178 Å². The zero-order valence-electron chi connectivity index (χ0n) is 68.9. The molecule has 616 valence electrons. The maximum absolute atomic E-state index is 18.6. The zero-order chi connectivity index (χ0) is 81.9. The van der Waals surface area contributed by atoms with E-state index in [9.17, 15) is 0 Å². The van der Waals surface area contributed by atoms with Crippen molar-refractivity contribution < 1.29 is 73.6 Å². The highest BCUT2D eigenvalue weighted by Gasteiger charge is 2.59. The summed E-state index contributed by atoms with van der Waals surface area (Å²) in [6.45, 7) is 18.3. The van der Waals surface area contributed by atoms with Gasteiger partial charge in [-0.3, -0.25) is 9.36 Å². The van der Waals surface area contributed by atoms with Gasteiger partial charge < -0.3 is 82.6 Å². The second kappa shape index (κ2) is 40.7. The van der Waals surface area contributed by atoms with Crippen molar-refractivity contribution in [1.82, 2.24) is 38.9 Å². The quantitative estimate of drug-likeness (QED) is 0.0200. The Morgan fingerprint density at radius 1 is 0.440 bits per heavy atom. The lowest BCUT2D eigenvalue weighted by molar-refractivity contribution is -0.364. The Bertz CT molecular complexity index is 5020. The molecule has 12 rings (SSSR count). The molecule has 4 aromatic carbocycles. The van der Waals surface area contributed by atoms with Crippen LogP contribution in [0.4, 0.5) is 17.3 Å². The molecular weight excluding hydrogens is 1520 g/mol. The lowest BCUT2D eigenvalue weighted by atomic mass is 9.83. The number of nitrogens with zero attached hydrogens (tertiary/aromatic N) is 10. The summed E-state index contributed by atoms with van der Waals surface area (Å²) in [6.07, 6.45) is 15.5. The lowest BCUT2D eigenvalue weighted by Gasteiger charge is -2.34. The number of aryl methyl sites for hydroxylation is 2. The molecular formula is C88H108B2F4N10O10S2. The summed E-state index contributed by atoms with van der Waals surface area (Å²) in [7, 11) is 3.27.